The predicted octanol–water partition coefficient (Wildman–Crippen LogP) is 4.79. The number of rotatable bonds is 9. The summed E-state index contributed by atoms with van der Waals surface area (Å²) >= 11 is 0. The Morgan fingerprint density at radius 3 is 2.31 bits per heavy atom. The fourth-order valence-electron chi connectivity index (χ4n) is 4.68. The number of pyridine rings is 1. The monoisotopic (exact) mass is 631 g/mol. The van der Waals surface area contributed by atoms with Gasteiger partial charge in [-0.1, -0.05) is 39.0 Å². The Hall–Kier alpha value is -4.75. The van der Waals surface area contributed by atoms with Gasteiger partial charge in [-0.15, -0.1) is 0 Å². The Kier molecular flexibility index (Phi) is 8.68. The van der Waals surface area contributed by atoms with E-state index in [1.54, 1.807) is 73.3 Å². The Balaban J connectivity index is 1.26. The highest BCUT2D eigenvalue weighted by atomic mass is 32.2. The molecule has 13 heteroatoms. The molecular weight excluding hydrogens is 594 g/mol. The lowest BCUT2D eigenvalue weighted by Crippen LogP contribution is -2.43. The molecule has 12 nitrogen and oxygen atoms in total. The molecule has 236 valence electrons. The third-order valence-corrected chi connectivity index (χ3v) is 9.02. The predicted molar refractivity (Wildman–Crippen MR) is 171 cm³/mol. The zero-order valence-corrected chi connectivity index (χ0v) is 26.7. The topological polar surface area (TPSA) is 148 Å². The second-order valence-corrected chi connectivity index (χ2v) is 13.9. The van der Waals surface area contributed by atoms with E-state index in [1.807, 2.05) is 45.2 Å². The molecule has 1 saturated heterocycles. The number of amides is 3. The molecule has 45 heavy (non-hydrogen) atoms. The summed E-state index contributed by atoms with van der Waals surface area (Å²) in [6.07, 6.45) is 4.28. The van der Waals surface area contributed by atoms with E-state index >= 15 is 0 Å². The summed E-state index contributed by atoms with van der Waals surface area (Å²) in [6.45, 7) is 9.74. The first kappa shape index (κ1) is 31.7. The molecule has 0 aliphatic carbocycles. The molecule has 0 radical (unpaired) electrons. The first-order valence-corrected chi connectivity index (χ1v) is 15.9. The summed E-state index contributed by atoms with van der Waals surface area (Å²) < 4.78 is 35.6. The van der Waals surface area contributed by atoms with Crippen molar-refractivity contribution in [3.63, 3.8) is 0 Å². The molecule has 0 unspecified atom stereocenters. The zero-order chi connectivity index (χ0) is 32.4. The molecular formula is C32H37N7O5S. The maximum Gasteiger partial charge on any atom is 0.324 e. The normalized spacial score (nSPS) is 15.8. The van der Waals surface area contributed by atoms with Gasteiger partial charge in [-0.3, -0.25) is 15.1 Å². The van der Waals surface area contributed by atoms with E-state index in [1.165, 1.54) is 0 Å². The van der Waals surface area contributed by atoms with E-state index in [2.05, 4.69) is 20.3 Å². The molecule has 1 aliphatic heterocycles. The van der Waals surface area contributed by atoms with Crippen LogP contribution in [0.3, 0.4) is 0 Å². The molecule has 1 fully saturated rings. The average molecular weight is 632 g/mol. The number of nitrogens with zero attached hydrogens (tertiary/aromatic N) is 4. The standard InChI is InChI=1S/C32H37N7O5S/c1-31(2,3)27-19-28(35-30(41)34-24-10-14-26(15-11-24)44-18-16-22-7-6-17-33-20-22)39(36-27)25-12-8-23(9-13-25)21-38-32(4,5)29(40)37-45(38,42)43/h6-15,17,19-20H,16,18,21H2,1-5H3,(H,37,40)(H2,34,35,41). The van der Waals surface area contributed by atoms with E-state index in [0.717, 1.165) is 22.0 Å². The van der Waals surface area contributed by atoms with Gasteiger partial charge in [0.25, 0.3) is 5.91 Å². The molecule has 3 amide bonds. The molecule has 0 saturated carbocycles. The molecule has 4 aromatic rings. The van der Waals surface area contributed by atoms with E-state index in [0.29, 0.717) is 35.1 Å². The molecule has 0 spiro atoms. The van der Waals surface area contributed by atoms with Crippen LogP contribution in [0.4, 0.5) is 16.3 Å². The highest BCUT2D eigenvalue weighted by molar-refractivity contribution is 7.88. The highest BCUT2D eigenvalue weighted by Gasteiger charge is 2.50. The van der Waals surface area contributed by atoms with Gasteiger partial charge in [-0.25, -0.2) is 14.2 Å². The lowest BCUT2D eigenvalue weighted by Gasteiger charge is -2.25. The minimum Gasteiger partial charge on any atom is -0.493 e. The van der Waals surface area contributed by atoms with Crippen LogP contribution in [-0.2, 0) is 33.4 Å². The number of nitrogens with one attached hydrogen (secondary N) is 3. The number of urea groups is 1. The maximum atomic E-state index is 13.0. The van der Waals surface area contributed by atoms with Gasteiger partial charge in [0.15, 0.2) is 0 Å². The van der Waals surface area contributed by atoms with Crippen LogP contribution in [0.1, 0.15) is 51.4 Å². The Morgan fingerprint density at radius 1 is 1.00 bits per heavy atom. The van der Waals surface area contributed by atoms with Crippen LogP contribution in [0.25, 0.3) is 5.69 Å². The maximum absolute atomic E-state index is 13.0. The Labute approximate surface area is 263 Å². The quantitative estimate of drug-likeness (QED) is 0.241. The van der Waals surface area contributed by atoms with E-state index in [9.17, 15) is 18.0 Å². The van der Waals surface area contributed by atoms with Gasteiger partial charge >= 0.3 is 16.2 Å². The van der Waals surface area contributed by atoms with Crippen molar-refractivity contribution < 1.29 is 22.7 Å². The van der Waals surface area contributed by atoms with Crippen molar-refractivity contribution in [1.29, 1.82) is 0 Å². The van der Waals surface area contributed by atoms with Crippen molar-refractivity contribution in [2.24, 2.45) is 0 Å². The van der Waals surface area contributed by atoms with Crippen LogP contribution in [0.5, 0.6) is 5.75 Å². The van der Waals surface area contributed by atoms with Gasteiger partial charge in [0.2, 0.25) is 0 Å². The minimum atomic E-state index is -3.93. The van der Waals surface area contributed by atoms with Crippen LogP contribution >= 0.6 is 0 Å². The van der Waals surface area contributed by atoms with Crippen molar-refractivity contribution in [3.05, 3.63) is 95.9 Å². The second-order valence-electron chi connectivity index (χ2n) is 12.3. The van der Waals surface area contributed by atoms with Crippen LogP contribution in [0.2, 0.25) is 0 Å². The second kappa shape index (κ2) is 12.3. The Bertz CT molecular complexity index is 1780. The number of carbonyl (C=O) groups is 2. The van der Waals surface area contributed by atoms with Crippen molar-refractivity contribution >= 4 is 33.7 Å². The number of aromatic nitrogens is 3. The van der Waals surface area contributed by atoms with Crippen molar-refractivity contribution in [3.8, 4) is 11.4 Å². The van der Waals surface area contributed by atoms with E-state index in [-0.39, 0.29) is 12.0 Å². The summed E-state index contributed by atoms with van der Waals surface area (Å²) in [5.41, 5.74) is 2.30. The molecule has 0 bridgehead atoms. The third kappa shape index (κ3) is 7.32. The molecule has 3 N–H and O–H groups in total. The Morgan fingerprint density at radius 2 is 1.71 bits per heavy atom. The summed E-state index contributed by atoms with van der Waals surface area (Å²) in [5.74, 6) is 0.578. The lowest BCUT2D eigenvalue weighted by atomic mass is 9.92. The van der Waals surface area contributed by atoms with Crippen molar-refractivity contribution in [2.45, 2.75) is 58.5 Å². The molecule has 2 aromatic heterocycles. The third-order valence-electron chi connectivity index (χ3n) is 7.41. The SMILES string of the molecule is CC(C)(C)c1cc(NC(=O)Nc2ccc(OCCc3cccnc3)cc2)n(-c2ccc(CN3C(C)(C)C(=O)NS3(=O)=O)cc2)n1. The zero-order valence-electron chi connectivity index (χ0n) is 25.9. The van der Waals surface area contributed by atoms with Gasteiger partial charge in [0, 0.05) is 42.5 Å². The summed E-state index contributed by atoms with van der Waals surface area (Å²) in [6, 6.07) is 19.5. The van der Waals surface area contributed by atoms with Gasteiger partial charge in [-0.2, -0.15) is 17.8 Å². The van der Waals surface area contributed by atoms with E-state index in [4.69, 9.17) is 9.84 Å². The first-order valence-electron chi connectivity index (χ1n) is 14.5. The van der Waals surface area contributed by atoms with Crippen LogP contribution in [0.15, 0.2) is 79.1 Å². The van der Waals surface area contributed by atoms with Crippen molar-refractivity contribution in [2.75, 3.05) is 17.2 Å². The fourth-order valence-corrected chi connectivity index (χ4v) is 6.28. The van der Waals surface area contributed by atoms with Gasteiger partial charge in [-0.05, 0) is 67.4 Å². The smallest absolute Gasteiger partial charge is 0.324 e. The number of anilines is 2. The largest absolute Gasteiger partial charge is 0.493 e. The summed E-state index contributed by atoms with van der Waals surface area (Å²) in [5, 5.41) is 10.5. The lowest BCUT2D eigenvalue weighted by molar-refractivity contribution is -0.125. The number of hydrogen-bond acceptors (Lipinski definition) is 7. The number of ether oxygens (including phenoxy) is 1. The van der Waals surface area contributed by atoms with Crippen LogP contribution in [0, 0.1) is 0 Å². The van der Waals surface area contributed by atoms with Gasteiger partial charge < -0.3 is 10.1 Å². The first-order chi connectivity index (χ1) is 21.2. The molecule has 1 aliphatic rings. The van der Waals surface area contributed by atoms with E-state index < -0.39 is 27.7 Å². The summed E-state index contributed by atoms with van der Waals surface area (Å²) in [4.78, 5) is 29.3. The molecule has 5 rings (SSSR count). The van der Waals surface area contributed by atoms with Crippen molar-refractivity contribution in [1.82, 2.24) is 23.8 Å². The number of carbonyl (C=O) groups excluding carboxylic acids is 2. The van der Waals surface area contributed by atoms with Gasteiger partial charge in [0.1, 0.15) is 17.1 Å². The highest BCUT2D eigenvalue weighted by Crippen LogP contribution is 2.29. The summed E-state index contributed by atoms with van der Waals surface area (Å²) in [7, 11) is -3.93. The fraction of sp³-hybridized carbons (Fsp3) is 0.312. The average Bonchev–Trinajstić information content (AvgIpc) is 3.47. The number of hydrogen-bond donors (Lipinski definition) is 3. The molecule has 2 aromatic carbocycles. The van der Waals surface area contributed by atoms with Gasteiger partial charge in [0.05, 0.1) is 18.0 Å². The molecule has 0 atom stereocenters. The number of benzene rings is 2. The molecule has 3 heterocycles. The van der Waals surface area contributed by atoms with Crippen LogP contribution < -0.4 is 20.1 Å². The van der Waals surface area contributed by atoms with Crippen LogP contribution in [-0.4, -0.2) is 51.6 Å². The minimum absolute atomic E-state index is 0.0164.